The summed E-state index contributed by atoms with van der Waals surface area (Å²) in [5.41, 5.74) is 2.24. The molecule has 0 atom stereocenters. The molecule has 0 bridgehead atoms. The molecule has 1 aliphatic heterocycles. The minimum Gasteiger partial charge on any atom is -0.478 e. The van der Waals surface area contributed by atoms with E-state index < -0.39 is 5.97 Å². The number of aromatic carboxylic acids is 1. The van der Waals surface area contributed by atoms with Gasteiger partial charge in [0, 0.05) is 32.1 Å². The molecule has 1 fully saturated rings. The lowest BCUT2D eigenvalue weighted by Crippen LogP contribution is -2.44. The Morgan fingerprint density at radius 2 is 1.79 bits per heavy atom. The fourth-order valence-electron chi connectivity index (χ4n) is 3.55. The average molecular weight is 435 g/mol. The fourth-order valence-corrected chi connectivity index (χ4v) is 3.87. The molecule has 0 saturated carbocycles. The maximum absolute atomic E-state index is 12.3. The van der Waals surface area contributed by atoms with Crippen molar-refractivity contribution in [3.63, 3.8) is 0 Å². The van der Waals surface area contributed by atoms with E-state index in [1.165, 1.54) is 0 Å². The van der Waals surface area contributed by atoms with E-state index in [0.29, 0.717) is 22.9 Å². The molecule has 2 aromatic rings. The quantitative estimate of drug-likeness (QED) is 0.676. The Bertz CT molecular complexity index is 880. The molecule has 5 nitrogen and oxygen atoms in total. The molecule has 7 heteroatoms. The third-order valence-electron chi connectivity index (χ3n) is 5.16. The highest BCUT2D eigenvalue weighted by molar-refractivity contribution is 6.42. The Hall–Kier alpha value is -2.08. The zero-order chi connectivity index (χ0) is 20.8. The van der Waals surface area contributed by atoms with E-state index in [0.717, 1.165) is 43.6 Å². The van der Waals surface area contributed by atoms with Gasteiger partial charge in [-0.05, 0) is 54.7 Å². The maximum atomic E-state index is 12.3. The predicted octanol–water partition coefficient (Wildman–Crippen LogP) is 4.41. The number of benzene rings is 2. The number of carboxylic acid groups (broad SMARTS) is 1. The van der Waals surface area contributed by atoms with Crippen LogP contribution in [-0.4, -0.2) is 41.0 Å². The molecule has 29 heavy (non-hydrogen) atoms. The Morgan fingerprint density at radius 1 is 1.03 bits per heavy atom. The van der Waals surface area contributed by atoms with Gasteiger partial charge in [0.1, 0.15) is 0 Å². The SMILES string of the molecule is O=C(CCc1cccc(C(=O)O)c1)NC1CCN(Cc2ccc(Cl)c(Cl)c2)CC1. The molecule has 3 rings (SSSR count). The third-order valence-corrected chi connectivity index (χ3v) is 5.90. The Morgan fingerprint density at radius 3 is 2.48 bits per heavy atom. The van der Waals surface area contributed by atoms with Crippen LogP contribution in [0.3, 0.4) is 0 Å². The second-order valence-electron chi connectivity index (χ2n) is 7.37. The number of aryl methyl sites for hydroxylation is 1. The van der Waals surface area contributed by atoms with E-state index in [1.807, 2.05) is 24.3 Å². The molecule has 0 radical (unpaired) electrons. The van der Waals surface area contributed by atoms with Crippen molar-refractivity contribution in [2.45, 2.75) is 38.3 Å². The minimum absolute atomic E-state index is 0.00802. The van der Waals surface area contributed by atoms with Crippen LogP contribution in [0.1, 0.15) is 40.7 Å². The summed E-state index contributed by atoms with van der Waals surface area (Å²) in [6, 6.07) is 12.6. The van der Waals surface area contributed by atoms with Crippen LogP contribution >= 0.6 is 23.2 Å². The van der Waals surface area contributed by atoms with Gasteiger partial charge in [0.25, 0.3) is 0 Å². The highest BCUT2D eigenvalue weighted by Gasteiger charge is 2.21. The van der Waals surface area contributed by atoms with E-state index in [-0.39, 0.29) is 17.5 Å². The van der Waals surface area contributed by atoms with Crippen molar-refractivity contribution >= 4 is 35.1 Å². The van der Waals surface area contributed by atoms with Gasteiger partial charge in [0.05, 0.1) is 15.6 Å². The lowest BCUT2D eigenvalue weighted by Gasteiger charge is -2.32. The normalized spacial score (nSPS) is 15.2. The van der Waals surface area contributed by atoms with E-state index in [9.17, 15) is 9.59 Å². The van der Waals surface area contributed by atoms with Crippen LogP contribution in [0.4, 0.5) is 0 Å². The van der Waals surface area contributed by atoms with Crippen LogP contribution in [0, 0.1) is 0 Å². The number of carboxylic acids is 1. The number of halogens is 2. The van der Waals surface area contributed by atoms with Crippen molar-refractivity contribution in [3.05, 3.63) is 69.2 Å². The monoisotopic (exact) mass is 434 g/mol. The Labute approximate surface area is 180 Å². The summed E-state index contributed by atoms with van der Waals surface area (Å²) in [5.74, 6) is -0.947. The largest absolute Gasteiger partial charge is 0.478 e. The minimum atomic E-state index is -0.955. The zero-order valence-corrected chi connectivity index (χ0v) is 17.5. The number of amides is 1. The standard InChI is InChI=1S/C22H24Cl2N2O3/c23-19-6-4-16(13-20(19)24)14-26-10-8-18(9-11-26)25-21(27)7-5-15-2-1-3-17(12-15)22(28)29/h1-4,6,12-13,18H,5,7-11,14H2,(H,25,27)(H,28,29). The molecule has 2 aromatic carbocycles. The van der Waals surface area contributed by atoms with Crippen molar-refractivity contribution in [1.82, 2.24) is 10.2 Å². The summed E-state index contributed by atoms with van der Waals surface area (Å²) < 4.78 is 0. The molecule has 1 saturated heterocycles. The molecule has 0 aromatic heterocycles. The van der Waals surface area contributed by atoms with Gasteiger partial charge in [-0.15, -0.1) is 0 Å². The summed E-state index contributed by atoms with van der Waals surface area (Å²) in [7, 11) is 0. The topological polar surface area (TPSA) is 69.6 Å². The van der Waals surface area contributed by atoms with Crippen molar-refractivity contribution in [2.24, 2.45) is 0 Å². The number of nitrogens with one attached hydrogen (secondary N) is 1. The molecule has 0 unspecified atom stereocenters. The van der Waals surface area contributed by atoms with Gasteiger partial charge in [-0.25, -0.2) is 4.79 Å². The number of likely N-dealkylation sites (tertiary alicyclic amines) is 1. The van der Waals surface area contributed by atoms with Gasteiger partial charge in [-0.3, -0.25) is 9.69 Å². The van der Waals surface area contributed by atoms with Crippen LogP contribution < -0.4 is 5.32 Å². The number of hydrogen-bond donors (Lipinski definition) is 2. The lowest BCUT2D eigenvalue weighted by atomic mass is 10.0. The molecule has 0 aliphatic carbocycles. The summed E-state index contributed by atoms with van der Waals surface area (Å²) in [6.45, 7) is 2.63. The van der Waals surface area contributed by atoms with Crippen LogP contribution in [0.5, 0.6) is 0 Å². The van der Waals surface area contributed by atoms with Crippen LogP contribution in [0.15, 0.2) is 42.5 Å². The van der Waals surface area contributed by atoms with Crippen LogP contribution in [0.2, 0.25) is 10.0 Å². The first kappa shape index (κ1) is 21.6. The molecular weight excluding hydrogens is 411 g/mol. The Balaban J connectivity index is 1.41. The zero-order valence-electron chi connectivity index (χ0n) is 16.0. The van der Waals surface area contributed by atoms with Gasteiger partial charge in [0.2, 0.25) is 5.91 Å². The molecule has 1 aliphatic rings. The van der Waals surface area contributed by atoms with Gasteiger partial charge in [-0.2, -0.15) is 0 Å². The first-order valence-corrected chi connectivity index (χ1v) is 10.4. The lowest BCUT2D eigenvalue weighted by molar-refractivity contribution is -0.122. The number of hydrogen-bond acceptors (Lipinski definition) is 3. The maximum Gasteiger partial charge on any atom is 0.335 e. The van der Waals surface area contributed by atoms with Crippen LogP contribution in [-0.2, 0) is 17.8 Å². The van der Waals surface area contributed by atoms with Crippen molar-refractivity contribution in [1.29, 1.82) is 0 Å². The summed E-state index contributed by atoms with van der Waals surface area (Å²) in [5, 5.41) is 13.3. The highest BCUT2D eigenvalue weighted by atomic mass is 35.5. The number of carbonyl (C=O) groups excluding carboxylic acids is 1. The molecule has 1 heterocycles. The van der Waals surface area contributed by atoms with Gasteiger partial charge in [-0.1, -0.05) is 41.4 Å². The van der Waals surface area contributed by atoms with E-state index in [4.69, 9.17) is 28.3 Å². The second kappa shape index (κ2) is 10.1. The predicted molar refractivity (Wildman–Crippen MR) is 115 cm³/mol. The van der Waals surface area contributed by atoms with Crippen LogP contribution in [0.25, 0.3) is 0 Å². The highest BCUT2D eigenvalue weighted by Crippen LogP contribution is 2.24. The first-order valence-electron chi connectivity index (χ1n) is 9.68. The first-order chi connectivity index (χ1) is 13.9. The molecular formula is C22H24Cl2N2O3. The molecule has 0 spiro atoms. The van der Waals surface area contributed by atoms with Gasteiger partial charge in [0.15, 0.2) is 0 Å². The summed E-state index contributed by atoms with van der Waals surface area (Å²) in [4.78, 5) is 25.7. The molecule has 2 N–H and O–H groups in total. The van der Waals surface area contributed by atoms with E-state index in [1.54, 1.807) is 18.2 Å². The van der Waals surface area contributed by atoms with Crippen molar-refractivity contribution < 1.29 is 14.7 Å². The number of rotatable bonds is 7. The number of piperidine rings is 1. The summed E-state index contributed by atoms with van der Waals surface area (Å²) in [6.07, 6.45) is 2.69. The molecule has 1 amide bonds. The van der Waals surface area contributed by atoms with E-state index in [2.05, 4.69) is 10.2 Å². The van der Waals surface area contributed by atoms with Gasteiger partial charge >= 0.3 is 5.97 Å². The number of nitrogens with zero attached hydrogens (tertiary/aromatic N) is 1. The van der Waals surface area contributed by atoms with Crippen molar-refractivity contribution in [3.8, 4) is 0 Å². The van der Waals surface area contributed by atoms with Crippen molar-refractivity contribution in [2.75, 3.05) is 13.1 Å². The smallest absolute Gasteiger partial charge is 0.335 e. The third kappa shape index (κ3) is 6.46. The van der Waals surface area contributed by atoms with Gasteiger partial charge < -0.3 is 10.4 Å². The Kier molecular flexibility index (Phi) is 7.53. The molecule has 154 valence electrons. The summed E-state index contributed by atoms with van der Waals surface area (Å²) >= 11 is 12.0. The fraction of sp³-hybridized carbons (Fsp3) is 0.364. The van der Waals surface area contributed by atoms with E-state index >= 15 is 0 Å². The number of carbonyl (C=O) groups is 2. The second-order valence-corrected chi connectivity index (χ2v) is 8.19. The average Bonchev–Trinajstić information content (AvgIpc) is 2.71.